The maximum Gasteiger partial charge on any atom is 0.247 e. The molecule has 4 rings (SSSR count). The predicted octanol–water partition coefficient (Wildman–Crippen LogP) is 2.99. The largest absolute Gasteiger partial charge is 0.386 e. The van der Waals surface area contributed by atoms with Gasteiger partial charge in [0.25, 0.3) is 0 Å². The van der Waals surface area contributed by atoms with Crippen molar-refractivity contribution in [3.05, 3.63) is 42.1 Å². The van der Waals surface area contributed by atoms with Crippen LogP contribution < -0.4 is 0 Å². The molecular formula is C18H16BrN3O2S. The summed E-state index contributed by atoms with van der Waals surface area (Å²) in [4.78, 5) is 18.8. The summed E-state index contributed by atoms with van der Waals surface area (Å²) in [5.74, 6) is -0.247. The smallest absolute Gasteiger partial charge is 0.247 e. The quantitative estimate of drug-likeness (QED) is 0.600. The van der Waals surface area contributed by atoms with Crippen LogP contribution in [0.2, 0.25) is 0 Å². The first-order valence-corrected chi connectivity index (χ1v) is 9.60. The van der Waals surface area contributed by atoms with Gasteiger partial charge in [-0.25, -0.2) is 0 Å². The Bertz CT molecular complexity index is 928. The third-order valence-corrected chi connectivity index (χ3v) is 8.14. The highest BCUT2D eigenvalue weighted by molar-refractivity contribution is 9.10. The number of nitriles is 1. The van der Waals surface area contributed by atoms with Crippen LogP contribution in [0.4, 0.5) is 0 Å². The van der Waals surface area contributed by atoms with Crippen LogP contribution in [0.1, 0.15) is 25.5 Å². The Morgan fingerprint density at radius 3 is 2.88 bits per heavy atom. The van der Waals surface area contributed by atoms with Crippen LogP contribution in [-0.2, 0) is 4.79 Å². The number of β-lactam (4-membered cyclic amide) rings is 1. The highest BCUT2D eigenvalue weighted by Crippen LogP contribution is 2.61. The molecule has 4 atom stereocenters. The van der Waals surface area contributed by atoms with Gasteiger partial charge in [0.15, 0.2) is 4.32 Å². The van der Waals surface area contributed by atoms with Crippen LogP contribution >= 0.6 is 27.7 Å². The first-order chi connectivity index (χ1) is 11.8. The van der Waals surface area contributed by atoms with Gasteiger partial charge in [0.05, 0.1) is 11.6 Å². The number of benzene rings is 1. The topological polar surface area (TPSA) is 77.2 Å². The Hall–Kier alpha value is -1.62. The van der Waals surface area contributed by atoms with Crippen molar-refractivity contribution in [2.45, 2.75) is 40.4 Å². The lowest BCUT2D eigenvalue weighted by Crippen LogP contribution is -2.71. The molecule has 2 fully saturated rings. The van der Waals surface area contributed by atoms with Crippen molar-refractivity contribution < 1.29 is 9.90 Å². The number of nitrogens with zero attached hydrogens (tertiary/aromatic N) is 3. The monoisotopic (exact) mass is 417 g/mol. The van der Waals surface area contributed by atoms with Gasteiger partial charge in [0.1, 0.15) is 17.5 Å². The van der Waals surface area contributed by atoms with E-state index in [1.807, 2.05) is 44.2 Å². The fourth-order valence-electron chi connectivity index (χ4n) is 3.58. The molecule has 1 amide bonds. The number of carbonyl (C=O) groups is 1. The number of hydrogen-bond donors (Lipinski definition) is 1. The van der Waals surface area contributed by atoms with E-state index in [-0.39, 0.29) is 16.0 Å². The van der Waals surface area contributed by atoms with Gasteiger partial charge >= 0.3 is 0 Å². The zero-order chi connectivity index (χ0) is 18.0. The Morgan fingerprint density at radius 2 is 2.16 bits per heavy atom. The number of hydrogen-bond acceptors (Lipinski definition) is 5. The number of amides is 1. The van der Waals surface area contributed by atoms with Crippen molar-refractivity contribution in [2.75, 3.05) is 0 Å². The van der Waals surface area contributed by atoms with E-state index < -0.39 is 16.5 Å². The summed E-state index contributed by atoms with van der Waals surface area (Å²) in [6, 6.07) is 11.2. The molecule has 5 nitrogen and oxygen atoms in total. The Balaban J connectivity index is 1.71. The molecule has 1 aromatic heterocycles. The van der Waals surface area contributed by atoms with E-state index in [1.54, 1.807) is 22.9 Å². The van der Waals surface area contributed by atoms with Gasteiger partial charge in [-0.05, 0) is 26.0 Å². The molecule has 2 aliphatic heterocycles. The molecule has 128 valence electrons. The summed E-state index contributed by atoms with van der Waals surface area (Å²) in [5, 5.41) is 21.0. The minimum Gasteiger partial charge on any atom is -0.386 e. The standard InChI is InChI=1S/C18H16BrN3O2S/c1-17(2)13(8-20)22-15(24)18(19,16(22)25-17)14(23)11-7-10-5-3-4-6-12(10)21-9-11/h3-7,9,13-14,16,23H,1-2H3/t13-,14?,16+,18+/m0/s1. The van der Waals surface area contributed by atoms with E-state index in [2.05, 4.69) is 27.0 Å². The van der Waals surface area contributed by atoms with E-state index in [0.29, 0.717) is 5.56 Å². The third-order valence-electron chi connectivity index (χ3n) is 4.97. The maximum absolute atomic E-state index is 12.8. The molecule has 0 radical (unpaired) electrons. The summed E-state index contributed by atoms with van der Waals surface area (Å²) in [5.41, 5.74) is 1.42. The molecule has 0 spiro atoms. The molecule has 0 bridgehead atoms. The summed E-state index contributed by atoms with van der Waals surface area (Å²) < 4.78 is -1.52. The number of aromatic nitrogens is 1. The fraction of sp³-hybridized carbons (Fsp3) is 0.389. The van der Waals surface area contributed by atoms with Gasteiger partial charge in [-0.2, -0.15) is 5.26 Å². The summed E-state index contributed by atoms with van der Waals surface area (Å²) in [6.07, 6.45) is 0.567. The van der Waals surface area contributed by atoms with Gasteiger partial charge in [0, 0.05) is 21.9 Å². The molecule has 0 saturated carbocycles. The number of aliphatic hydroxyl groups excluding tert-OH is 1. The number of halogens is 1. The number of para-hydroxylation sites is 1. The molecule has 2 aromatic rings. The van der Waals surface area contributed by atoms with Gasteiger partial charge < -0.3 is 10.0 Å². The average molecular weight is 418 g/mol. The second kappa shape index (κ2) is 5.44. The highest BCUT2D eigenvalue weighted by atomic mass is 79.9. The predicted molar refractivity (Wildman–Crippen MR) is 100 cm³/mol. The Labute approximate surface area is 158 Å². The normalized spacial score (nSPS) is 31.3. The van der Waals surface area contributed by atoms with E-state index in [9.17, 15) is 15.2 Å². The second-order valence-electron chi connectivity index (χ2n) is 6.95. The van der Waals surface area contributed by atoms with Crippen molar-refractivity contribution in [3.63, 3.8) is 0 Å². The maximum atomic E-state index is 12.8. The van der Waals surface area contributed by atoms with Crippen LogP contribution in [0, 0.1) is 11.3 Å². The lowest BCUT2D eigenvalue weighted by molar-refractivity contribution is -0.153. The Morgan fingerprint density at radius 1 is 1.44 bits per heavy atom. The van der Waals surface area contributed by atoms with Crippen LogP contribution in [0.15, 0.2) is 36.5 Å². The Kier molecular flexibility index (Phi) is 3.66. The van der Waals surface area contributed by atoms with E-state index >= 15 is 0 Å². The zero-order valence-electron chi connectivity index (χ0n) is 13.7. The number of aliphatic hydroxyl groups is 1. The number of pyridine rings is 1. The summed E-state index contributed by atoms with van der Waals surface area (Å²) in [6.45, 7) is 3.91. The number of fused-ring (bicyclic) bond motifs is 2. The molecule has 1 aromatic carbocycles. The molecular weight excluding hydrogens is 402 g/mol. The molecule has 1 N–H and O–H groups in total. The molecule has 3 heterocycles. The highest BCUT2D eigenvalue weighted by Gasteiger charge is 2.71. The number of rotatable bonds is 2. The third kappa shape index (κ3) is 2.17. The van der Waals surface area contributed by atoms with Crippen LogP contribution in [0.25, 0.3) is 10.9 Å². The molecule has 7 heteroatoms. The fourth-order valence-corrected chi connectivity index (χ4v) is 6.15. The van der Waals surface area contributed by atoms with Gasteiger partial charge in [-0.15, -0.1) is 11.8 Å². The van der Waals surface area contributed by atoms with Crippen molar-refractivity contribution >= 4 is 44.5 Å². The average Bonchev–Trinajstić information content (AvgIpc) is 2.88. The second-order valence-corrected chi connectivity index (χ2v) is 10.00. The lowest BCUT2D eigenvalue weighted by Gasteiger charge is -2.51. The van der Waals surface area contributed by atoms with E-state index in [4.69, 9.17) is 0 Å². The first kappa shape index (κ1) is 16.8. The van der Waals surface area contributed by atoms with E-state index in [0.717, 1.165) is 10.9 Å². The summed E-state index contributed by atoms with van der Waals surface area (Å²) in [7, 11) is 0. The van der Waals surface area contributed by atoms with Gasteiger partial charge in [0.2, 0.25) is 5.91 Å². The van der Waals surface area contributed by atoms with Crippen molar-refractivity contribution in [1.29, 1.82) is 5.26 Å². The molecule has 2 saturated heterocycles. The van der Waals surface area contributed by atoms with Crippen molar-refractivity contribution in [1.82, 2.24) is 9.88 Å². The van der Waals surface area contributed by atoms with Crippen molar-refractivity contribution in [3.8, 4) is 6.07 Å². The lowest BCUT2D eigenvalue weighted by atomic mass is 9.85. The molecule has 2 aliphatic rings. The van der Waals surface area contributed by atoms with Crippen LogP contribution in [-0.4, -0.2) is 41.4 Å². The number of thioether (sulfide) groups is 1. The first-order valence-electron chi connectivity index (χ1n) is 7.92. The summed E-state index contributed by atoms with van der Waals surface area (Å²) >= 11 is 5.06. The van der Waals surface area contributed by atoms with Gasteiger partial charge in [-0.1, -0.05) is 34.1 Å². The molecule has 25 heavy (non-hydrogen) atoms. The SMILES string of the molecule is CC1(C)S[C@H]2N(C(=O)[C@]2(Br)C(O)c2cnc3ccccc3c2)[C@H]1C#N. The number of carbonyl (C=O) groups excluding carboxylic acids is 1. The number of alkyl halides is 1. The minimum atomic E-state index is -1.13. The molecule has 1 unspecified atom stereocenters. The van der Waals surface area contributed by atoms with Crippen LogP contribution in [0.3, 0.4) is 0 Å². The molecule has 0 aliphatic carbocycles. The van der Waals surface area contributed by atoms with Gasteiger partial charge in [-0.3, -0.25) is 9.78 Å². The zero-order valence-corrected chi connectivity index (χ0v) is 16.1. The van der Waals surface area contributed by atoms with Crippen LogP contribution in [0.5, 0.6) is 0 Å². The van der Waals surface area contributed by atoms with E-state index in [1.165, 1.54) is 0 Å². The minimum absolute atomic E-state index is 0.247. The van der Waals surface area contributed by atoms with Crippen molar-refractivity contribution in [2.24, 2.45) is 0 Å².